The molecule has 0 radical (unpaired) electrons. The zero-order valence-electron chi connectivity index (χ0n) is 17.5. The van der Waals surface area contributed by atoms with Gasteiger partial charge in [0.05, 0.1) is 12.5 Å². The fraction of sp³-hybridized carbons (Fsp3) is 0.259. The largest absolute Gasteiger partial charge is 0.481 e. The molecule has 2 unspecified atom stereocenters. The molecule has 0 spiro atoms. The molecular weight excluding hydrogens is 386 g/mol. The third kappa shape index (κ3) is 4.92. The second-order valence-electron chi connectivity index (χ2n) is 8.47. The first-order valence-electron chi connectivity index (χ1n) is 10.7. The summed E-state index contributed by atoms with van der Waals surface area (Å²) in [7, 11) is 0. The number of benzene rings is 3. The first kappa shape index (κ1) is 21.0. The minimum Gasteiger partial charge on any atom is -0.481 e. The van der Waals surface area contributed by atoms with E-state index >= 15 is 0 Å². The van der Waals surface area contributed by atoms with Crippen LogP contribution in [0.2, 0.25) is 0 Å². The number of nitrogens with zero attached hydrogens (tertiary/aromatic N) is 1. The Bertz CT molecular complexity index is 979. The van der Waals surface area contributed by atoms with E-state index in [0.717, 1.165) is 16.7 Å². The molecule has 1 fully saturated rings. The van der Waals surface area contributed by atoms with Crippen molar-refractivity contribution in [2.45, 2.75) is 38.4 Å². The van der Waals surface area contributed by atoms with Crippen molar-refractivity contribution in [1.82, 2.24) is 4.90 Å². The normalized spacial score (nSPS) is 20.4. The Hall–Kier alpha value is -3.24. The number of ketones is 1. The van der Waals surface area contributed by atoms with Gasteiger partial charge in [-0.3, -0.25) is 14.5 Å². The summed E-state index contributed by atoms with van der Waals surface area (Å²) in [6.07, 6.45) is 0.911. The van der Waals surface area contributed by atoms with Crippen LogP contribution in [0.15, 0.2) is 91.0 Å². The highest BCUT2D eigenvalue weighted by Crippen LogP contribution is 2.46. The van der Waals surface area contributed by atoms with Crippen LogP contribution in [0.5, 0.6) is 0 Å². The van der Waals surface area contributed by atoms with Gasteiger partial charge in [-0.2, -0.15) is 0 Å². The van der Waals surface area contributed by atoms with Crippen LogP contribution in [0.3, 0.4) is 0 Å². The van der Waals surface area contributed by atoms with Crippen molar-refractivity contribution >= 4 is 11.8 Å². The number of rotatable bonds is 9. The molecule has 2 atom stereocenters. The van der Waals surface area contributed by atoms with Crippen LogP contribution in [0, 0.1) is 5.41 Å². The van der Waals surface area contributed by atoms with E-state index in [2.05, 4.69) is 29.2 Å². The quantitative estimate of drug-likeness (QED) is 0.551. The number of hydrogen-bond acceptors (Lipinski definition) is 3. The van der Waals surface area contributed by atoms with E-state index in [1.54, 1.807) is 0 Å². The number of carbonyl (C=O) groups is 2. The van der Waals surface area contributed by atoms with Gasteiger partial charge in [-0.1, -0.05) is 91.0 Å². The van der Waals surface area contributed by atoms with Crippen LogP contribution in [0.25, 0.3) is 0 Å². The summed E-state index contributed by atoms with van der Waals surface area (Å²) in [5.41, 5.74) is 2.46. The standard InChI is InChI=1S/C27H27NO3/c29-25(30)18-27(16-21-10-4-1-5-11-21)17-24(26(27)31)28(19-22-12-6-2-7-13-22)20-23-14-8-3-9-15-23/h1-15,24H,16-20H2,(H,29,30). The zero-order chi connectivity index (χ0) is 21.7. The predicted octanol–water partition coefficient (Wildman–Crippen LogP) is 4.73. The second-order valence-corrected chi connectivity index (χ2v) is 8.47. The smallest absolute Gasteiger partial charge is 0.304 e. The van der Waals surface area contributed by atoms with Crippen LogP contribution in [-0.2, 0) is 29.1 Å². The van der Waals surface area contributed by atoms with E-state index in [4.69, 9.17) is 0 Å². The lowest BCUT2D eigenvalue weighted by atomic mass is 9.59. The molecule has 0 bridgehead atoms. The Morgan fingerprint density at radius 2 is 1.26 bits per heavy atom. The summed E-state index contributed by atoms with van der Waals surface area (Å²) in [5, 5.41) is 9.54. The maximum Gasteiger partial charge on any atom is 0.304 e. The molecule has 0 aromatic heterocycles. The summed E-state index contributed by atoms with van der Waals surface area (Å²) in [5.74, 6) is -0.869. The fourth-order valence-corrected chi connectivity index (χ4v) is 4.65. The van der Waals surface area contributed by atoms with Crippen LogP contribution in [-0.4, -0.2) is 27.8 Å². The van der Waals surface area contributed by atoms with Crippen molar-refractivity contribution in [3.8, 4) is 0 Å². The summed E-state index contributed by atoms with van der Waals surface area (Å²) in [4.78, 5) is 27.4. The Morgan fingerprint density at radius 1 is 0.806 bits per heavy atom. The van der Waals surface area contributed by atoms with Crippen molar-refractivity contribution < 1.29 is 14.7 Å². The Kier molecular flexibility index (Phi) is 6.28. The molecule has 0 saturated heterocycles. The van der Waals surface area contributed by atoms with Crippen molar-refractivity contribution in [2.24, 2.45) is 5.41 Å². The van der Waals surface area contributed by atoms with Crippen molar-refractivity contribution in [1.29, 1.82) is 0 Å². The minimum atomic E-state index is -0.916. The number of hydrogen-bond donors (Lipinski definition) is 1. The highest BCUT2D eigenvalue weighted by molar-refractivity contribution is 5.98. The summed E-state index contributed by atoms with van der Waals surface area (Å²) in [6.45, 7) is 1.31. The summed E-state index contributed by atoms with van der Waals surface area (Å²) < 4.78 is 0. The molecule has 0 amide bonds. The first-order chi connectivity index (χ1) is 15.1. The third-order valence-electron chi connectivity index (χ3n) is 6.18. The maximum absolute atomic E-state index is 13.5. The second kappa shape index (κ2) is 9.27. The van der Waals surface area contributed by atoms with Crippen LogP contribution in [0.4, 0.5) is 0 Å². The van der Waals surface area contributed by atoms with Crippen molar-refractivity contribution in [2.75, 3.05) is 0 Å². The van der Waals surface area contributed by atoms with Crippen molar-refractivity contribution in [3.63, 3.8) is 0 Å². The van der Waals surface area contributed by atoms with Gasteiger partial charge in [0.2, 0.25) is 0 Å². The predicted molar refractivity (Wildman–Crippen MR) is 120 cm³/mol. The highest BCUT2D eigenvalue weighted by Gasteiger charge is 2.56. The van der Waals surface area contributed by atoms with E-state index in [1.807, 2.05) is 66.7 Å². The van der Waals surface area contributed by atoms with Gasteiger partial charge in [0, 0.05) is 18.5 Å². The van der Waals surface area contributed by atoms with E-state index in [9.17, 15) is 14.7 Å². The molecule has 4 rings (SSSR count). The molecule has 1 N–H and O–H groups in total. The molecule has 0 heterocycles. The van der Waals surface area contributed by atoms with Gasteiger partial charge in [-0.15, -0.1) is 0 Å². The van der Waals surface area contributed by atoms with E-state index in [-0.39, 0.29) is 18.2 Å². The number of Topliss-reactive ketones (excluding diaryl/α,β-unsaturated/α-hetero) is 1. The van der Waals surface area contributed by atoms with Gasteiger partial charge in [-0.25, -0.2) is 0 Å². The van der Waals surface area contributed by atoms with Crippen LogP contribution < -0.4 is 0 Å². The summed E-state index contributed by atoms with van der Waals surface area (Å²) >= 11 is 0. The monoisotopic (exact) mass is 413 g/mol. The summed E-state index contributed by atoms with van der Waals surface area (Å²) in [6, 6.07) is 29.7. The molecule has 4 heteroatoms. The van der Waals surface area contributed by atoms with E-state index in [0.29, 0.717) is 25.9 Å². The zero-order valence-corrected chi connectivity index (χ0v) is 17.5. The maximum atomic E-state index is 13.5. The van der Waals surface area contributed by atoms with E-state index in [1.165, 1.54) is 0 Å². The number of carboxylic acid groups (broad SMARTS) is 1. The molecule has 0 aliphatic heterocycles. The Balaban J connectivity index is 1.57. The first-order valence-corrected chi connectivity index (χ1v) is 10.7. The van der Waals surface area contributed by atoms with Crippen molar-refractivity contribution in [3.05, 3.63) is 108 Å². The van der Waals surface area contributed by atoms with Gasteiger partial charge in [-0.05, 0) is 29.5 Å². The van der Waals surface area contributed by atoms with Gasteiger partial charge < -0.3 is 5.11 Å². The average molecular weight is 414 g/mol. The molecule has 1 saturated carbocycles. The molecule has 3 aromatic rings. The molecule has 158 valence electrons. The SMILES string of the molecule is O=C(O)CC1(Cc2ccccc2)CC(N(Cc2ccccc2)Cc2ccccc2)C1=O. The number of carbonyl (C=O) groups excluding carboxylic acids is 1. The van der Waals surface area contributed by atoms with Gasteiger partial charge in [0.15, 0.2) is 5.78 Å². The van der Waals surface area contributed by atoms with Crippen LogP contribution >= 0.6 is 0 Å². The molecule has 3 aromatic carbocycles. The number of aliphatic carboxylic acids is 1. The molecule has 1 aliphatic carbocycles. The Labute approximate surface area is 183 Å². The van der Waals surface area contributed by atoms with Gasteiger partial charge >= 0.3 is 5.97 Å². The molecule has 1 aliphatic rings. The lowest BCUT2D eigenvalue weighted by Crippen LogP contribution is -2.61. The average Bonchev–Trinajstić information content (AvgIpc) is 2.78. The van der Waals surface area contributed by atoms with Gasteiger partial charge in [0.25, 0.3) is 0 Å². The fourth-order valence-electron chi connectivity index (χ4n) is 4.65. The molecule has 31 heavy (non-hydrogen) atoms. The molecule has 4 nitrogen and oxygen atoms in total. The molecular formula is C27H27NO3. The van der Waals surface area contributed by atoms with Crippen LogP contribution in [0.1, 0.15) is 29.5 Å². The minimum absolute atomic E-state index is 0.0469. The van der Waals surface area contributed by atoms with E-state index < -0.39 is 11.4 Å². The van der Waals surface area contributed by atoms with Gasteiger partial charge in [0.1, 0.15) is 0 Å². The highest BCUT2D eigenvalue weighted by atomic mass is 16.4. The topological polar surface area (TPSA) is 57.6 Å². The lowest BCUT2D eigenvalue weighted by Gasteiger charge is -2.49. The Morgan fingerprint density at radius 3 is 1.68 bits per heavy atom. The third-order valence-corrected chi connectivity index (χ3v) is 6.18. The lowest BCUT2D eigenvalue weighted by molar-refractivity contribution is -0.158. The number of carboxylic acids is 1.